The molecule has 0 unspecified atom stereocenters. The summed E-state index contributed by atoms with van der Waals surface area (Å²) in [5, 5.41) is 0.931. The van der Waals surface area contributed by atoms with Gasteiger partial charge in [0.05, 0.1) is 6.54 Å². The molecule has 106 valence electrons. The van der Waals surface area contributed by atoms with E-state index in [9.17, 15) is 9.59 Å². The summed E-state index contributed by atoms with van der Waals surface area (Å²) < 4.78 is 0. The molecule has 0 aliphatic rings. The summed E-state index contributed by atoms with van der Waals surface area (Å²) in [6.07, 6.45) is 7.48. The van der Waals surface area contributed by atoms with Crippen molar-refractivity contribution in [2.24, 2.45) is 0 Å². The molecule has 0 aromatic rings. The molecule has 0 amide bonds. The Balaban J connectivity index is 0. The topological polar surface area (TPSA) is 55.8 Å². The molecule has 0 spiro atoms. The SMILES string of the molecule is CCCCC=CCN(OC(=O)CC)OC(=O)CC.[NaH]. The number of unbranched alkanes of at least 4 members (excludes halogenated alkanes) is 2. The molecule has 0 aromatic heterocycles. The van der Waals surface area contributed by atoms with Crippen molar-refractivity contribution in [2.45, 2.75) is 52.9 Å². The number of nitrogens with zero attached hydrogens (tertiary/aromatic N) is 1. The van der Waals surface area contributed by atoms with Crippen molar-refractivity contribution in [3.63, 3.8) is 0 Å². The maximum absolute atomic E-state index is 11.1. The fourth-order valence-corrected chi connectivity index (χ4v) is 1.05. The van der Waals surface area contributed by atoms with Crippen molar-refractivity contribution in [3.8, 4) is 0 Å². The van der Waals surface area contributed by atoms with E-state index in [2.05, 4.69) is 6.92 Å². The van der Waals surface area contributed by atoms with Gasteiger partial charge in [0.1, 0.15) is 0 Å². The van der Waals surface area contributed by atoms with Gasteiger partial charge in [-0.3, -0.25) is 9.59 Å². The summed E-state index contributed by atoms with van der Waals surface area (Å²) in [5.41, 5.74) is 0. The van der Waals surface area contributed by atoms with Crippen LogP contribution in [0.3, 0.4) is 0 Å². The molecule has 0 saturated heterocycles. The van der Waals surface area contributed by atoms with Gasteiger partial charge in [-0.05, 0) is 6.42 Å². The van der Waals surface area contributed by atoms with Crippen LogP contribution in [0.2, 0.25) is 0 Å². The first-order valence-corrected chi connectivity index (χ1v) is 6.48. The van der Waals surface area contributed by atoms with Crippen LogP contribution in [0, 0.1) is 0 Å². The molecule has 0 saturated carbocycles. The van der Waals surface area contributed by atoms with Gasteiger partial charge in [-0.2, -0.15) is 0 Å². The molecule has 0 N–H and O–H groups in total. The second-order valence-corrected chi connectivity index (χ2v) is 3.76. The first kappa shape index (κ1) is 20.9. The Hall–Kier alpha value is -0.360. The van der Waals surface area contributed by atoms with E-state index in [-0.39, 0.29) is 48.9 Å². The van der Waals surface area contributed by atoms with Gasteiger partial charge in [0.25, 0.3) is 0 Å². The van der Waals surface area contributed by atoms with E-state index in [4.69, 9.17) is 9.68 Å². The molecule has 19 heavy (non-hydrogen) atoms. The van der Waals surface area contributed by atoms with Gasteiger partial charge in [-0.15, -0.1) is 0 Å². The van der Waals surface area contributed by atoms with Gasteiger partial charge in [0.15, 0.2) is 0 Å². The number of hydroxylamine groups is 2. The van der Waals surface area contributed by atoms with E-state index in [1.54, 1.807) is 13.8 Å². The number of carbonyl (C=O) groups excluding carboxylic acids is 2. The van der Waals surface area contributed by atoms with Crippen molar-refractivity contribution >= 4 is 41.5 Å². The summed E-state index contributed by atoms with van der Waals surface area (Å²) in [6, 6.07) is 0. The predicted octanol–water partition coefficient (Wildman–Crippen LogP) is 2.12. The molecule has 0 atom stereocenters. The van der Waals surface area contributed by atoms with Gasteiger partial charge in [0, 0.05) is 18.1 Å². The number of carbonyl (C=O) groups is 2. The van der Waals surface area contributed by atoms with Crippen LogP contribution < -0.4 is 0 Å². The summed E-state index contributed by atoms with van der Waals surface area (Å²) in [7, 11) is 0. The van der Waals surface area contributed by atoms with E-state index < -0.39 is 11.9 Å². The Morgan fingerprint density at radius 3 is 1.95 bits per heavy atom. The second-order valence-electron chi connectivity index (χ2n) is 3.76. The number of rotatable bonds is 9. The first-order valence-electron chi connectivity index (χ1n) is 6.48. The molecular formula is C13H24NNaO4. The second kappa shape index (κ2) is 14.1. The minimum absolute atomic E-state index is 0. The molecule has 5 nitrogen and oxygen atoms in total. The molecule has 0 bridgehead atoms. The van der Waals surface area contributed by atoms with Crippen LogP contribution in [-0.2, 0) is 19.3 Å². The summed E-state index contributed by atoms with van der Waals surface area (Å²) in [4.78, 5) is 32.1. The Labute approximate surface area is 137 Å². The van der Waals surface area contributed by atoms with Crippen molar-refractivity contribution in [2.75, 3.05) is 6.54 Å². The summed E-state index contributed by atoms with van der Waals surface area (Å²) >= 11 is 0. The quantitative estimate of drug-likeness (QED) is 0.280. The Morgan fingerprint density at radius 2 is 1.53 bits per heavy atom. The van der Waals surface area contributed by atoms with Gasteiger partial charge < -0.3 is 9.68 Å². The van der Waals surface area contributed by atoms with E-state index in [0.29, 0.717) is 0 Å². The van der Waals surface area contributed by atoms with Crippen molar-refractivity contribution in [1.29, 1.82) is 0 Å². The van der Waals surface area contributed by atoms with E-state index in [1.165, 1.54) is 0 Å². The van der Waals surface area contributed by atoms with Crippen molar-refractivity contribution in [1.82, 2.24) is 5.23 Å². The molecule has 0 radical (unpaired) electrons. The average molecular weight is 281 g/mol. The molecule has 0 aromatic carbocycles. The molecule has 0 aliphatic heterocycles. The van der Waals surface area contributed by atoms with Gasteiger partial charge in [0.2, 0.25) is 0 Å². The molecule has 0 rings (SSSR count). The fourth-order valence-electron chi connectivity index (χ4n) is 1.05. The van der Waals surface area contributed by atoms with Crippen LogP contribution in [0.4, 0.5) is 0 Å². The molecule has 6 heteroatoms. The monoisotopic (exact) mass is 281 g/mol. The Kier molecular flexibility index (Phi) is 15.5. The third-order valence-electron chi connectivity index (χ3n) is 2.13. The molecule has 0 aliphatic carbocycles. The zero-order valence-electron chi connectivity index (χ0n) is 11.5. The predicted molar refractivity (Wildman–Crippen MR) is 75.3 cm³/mol. The first-order chi connectivity index (χ1) is 8.63. The maximum atomic E-state index is 11.1. The van der Waals surface area contributed by atoms with Crippen LogP contribution in [0.25, 0.3) is 0 Å². The Bertz CT molecular complexity index is 264. The fraction of sp³-hybridized carbons (Fsp3) is 0.692. The van der Waals surface area contributed by atoms with Gasteiger partial charge in [-0.1, -0.05) is 45.8 Å². The van der Waals surface area contributed by atoms with E-state index in [1.807, 2.05) is 12.2 Å². The third-order valence-corrected chi connectivity index (χ3v) is 2.13. The minimum atomic E-state index is -0.430. The van der Waals surface area contributed by atoms with Crippen LogP contribution in [0.1, 0.15) is 52.9 Å². The van der Waals surface area contributed by atoms with E-state index in [0.717, 1.165) is 24.5 Å². The zero-order valence-corrected chi connectivity index (χ0v) is 11.5. The van der Waals surface area contributed by atoms with Crippen molar-refractivity contribution in [3.05, 3.63) is 12.2 Å². The standard InChI is InChI=1S/C13H23NO4.Na.H/c1-4-7-8-9-10-11-14(17-12(15)5-2)18-13(16)6-3;;/h9-10H,4-8,11H2,1-3H3;;. The number of hydrogen-bond acceptors (Lipinski definition) is 5. The third kappa shape index (κ3) is 12.4. The molecular weight excluding hydrogens is 257 g/mol. The van der Waals surface area contributed by atoms with Gasteiger partial charge in [-0.25, -0.2) is 0 Å². The Morgan fingerprint density at radius 1 is 1.00 bits per heavy atom. The summed E-state index contributed by atoms with van der Waals surface area (Å²) in [5.74, 6) is -0.860. The molecule has 0 heterocycles. The summed E-state index contributed by atoms with van der Waals surface area (Å²) in [6.45, 7) is 5.73. The van der Waals surface area contributed by atoms with Crippen LogP contribution >= 0.6 is 0 Å². The average Bonchev–Trinajstić information content (AvgIpc) is 2.37. The number of allylic oxidation sites excluding steroid dienone is 1. The van der Waals surface area contributed by atoms with Crippen LogP contribution in [-0.4, -0.2) is 53.3 Å². The van der Waals surface area contributed by atoms with Crippen molar-refractivity contribution < 1.29 is 19.3 Å². The zero-order chi connectivity index (χ0) is 13.8. The molecule has 0 fully saturated rings. The van der Waals surface area contributed by atoms with Crippen LogP contribution in [0.5, 0.6) is 0 Å². The number of hydrogen-bond donors (Lipinski definition) is 0. The van der Waals surface area contributed by atoms with Gasteiger partial charge >= 0.3 is 41.5 Å². The van der Waals surface area contributed by atoms with Crippen LogP contribution in [0.15, 0.2) is 12.2 Å². The van der Waals surface area contributed by atoms with E-state index >= 15 is 0 Å². The normalized spacial score (nSPS) is 10.3.